The molecule has 0 radical (unpaired) electrons. The van der Waals surface area contributed by atoms with Crippen LogP contribution in [0.3, 0.4) is 0 Å². The summed E-state index contributed by atoms with van der Waals surface area (Å²) in [5, 5.41) is 0. The number of ether oxygens (including phenoxy) is 1. The van der Waals surface area contributed by atoms with Gasteiger partial charge in [-0.1, -0.05) is 24.6 Å². The van der Waals surface area contributed by atoms with Crippen molar-refractivity contribution in [1.29, 1.82) is 0 Å². The third-order valence-corrected chi connectivity index (χ3v) is 6.00. The smallest absolute Gasteiger partial charge is 0.376 e. The van der Waals surface area contributed by atoms with Crippen LogP contribution in [0.4, 0.5) is 13.2 Å². The molecule has 1 aromatic carbocycles. The quantitative estimate of drug-likeness (QED) is 0.704. The maximum atomic E-state index is 13.3. The van der Waals surface area contributed by atoms with Gasteiger partial charge in [-0.15, -0.1) is 0 Å². The highest BCUT2D eigenvalue weighted by Crippen LogP contribution is 2.45. The van der Waals surface area contributed by atoms with Gasteiger partial charge in [-0.2, -0.15) is 13.2 Å². The molecule has 0 unspecified atom stereocenters. The highest BCUT2D eigenvalue weighted by atomic mass is 19.4. The predicted octanol–water partition coefficient (Wildman–Crippen LogP) is 5.41. The molecular formula is C21H30F3NO. The highest BCUT2D eigenvalue weighted by molar-refractivity contribution is 5.33. The molecule has 2 fully saturated rings. The van der Waals surface area contributed by atoms with Crippen LogP contribution >= 0.6 is 0 Å². The van der Waals surface area contributed by atoms with Crippen molar-refractivity contribution in [2.75, 3.05) is 26.2 Å². The Morgan fingerprint density at radius 1 is 1.12 bits per heavy atom. The molecule has 2 aliphatic rings. The minimum atomic E-state index is -4.30. The van der Waals surface area contributed by atoms with Crippen molar-refractivity contribution >= 4 is 0 Å². The molecule has 0 aromatic heterocycles. The number of nitrogens with zero attached hydrogens (tertiary/aromatic N) is 1. The topological polar surface area (TPSA) is 12.5 Å². The summed E-state index contributed by atoms with van der Waals surface area (Å²) in [5.41, 5.74) is -0.285. The van der Waals surface area contributed by atoms with Gasteiger partial charge in [0.25, 0.3) is 0 Å². The van der Waals surface area contributed by atoms with Crippen molar-refractivity contribution in [1.82, 2.24) is 4.90 Å². The zero-order chi connectivity index (χ0) is 18.8. The van der Waals surface area contributed by atoms with Crippen molar-refractivity contribution in [3.63, 3.8) is 0 Å². The summed E-state index contributed by atoms with van der Waals surface area (Å²) in [5.74, 6) is 0. The Morgan fingerprint density at radius 2 is 1.85 bits per heavy atom. The summed E-state index contributed by atoms with van der Waals surface area (Å²) in [6, 6.07) is 5.99. The van der Waals surface area contributed by atoms with E-state index in [9.17, 15) is 13.2 Å². The van der Waals surface area contributed by atoms with Gasteiger partial charge in [-0.05, 0) is 77.2 Å². The first-order valence-electron chi connectivity index (χ1n) is 9.74. The Hall–Kier alpha value is -1.07. The van der Waals surface area contributed by atoms with Crippen LogP contribution in [0.1, 0.15) is 63.5 Å². The number of benzene rings is 1. The van der Waals surface area contributed by atoms with E-state index >= 15 is 0 Å². The molecule has 2 nitrogen and oxygen atoms in total. The molecule has 1 atom stereocenters. The van der Waals surface area contributed by atoms with Gasteiger partial charge in [-0.25, -0.2) is 0 Å². The Balaban J connectivity index is 1.87. The minimum absolute atomic E-state index is 0.250. The number of rotatable bonds is 4. The van der Waals surface area contributed by atoms with Gasteiger partial charge in [-0.3, -0.25) is 0 Å². The van der Waals surface area contributed by atoms with Crippen molar-refractivity contribution in [2.24, 2.45) is 0 Å². The van der Waals surface area contributed by atoms with Gasteiger partial charge in [0, 0.05) is 12.0 Å². The standard InChI is InChI=1S/C21H30F3NO/c1-19(2)16-20(10-14-26-19,9-13-25-11-4-3-5-12-25)17-7-6-8-18(15-17)21(22,23)24/h6-8,15H,3-5,9-14,16H2,1-2H3/t20-/m0/s1. The molecule has 2 saturated heterocycles. The third-order valence-electron chi connectivity index (χ3n) is 6.00. The molecule has 1 aromatic rings. The third kappa shape index (κ3) is 4.61. The molecule has 0 aliphatic carbocycles. The summed E-state index contributed by atoms with van der Waals surface area (Å²) in [7, 11) is 0. The van der Waals surface area contributed by atoms with Gasteiger partial charge < -0.3 is 9.64 Å². The van der Waals surface area contributed by atoms with E-state index in [-0.39, 0.29) is 11.0 Å². The van der Waals surface area contributed by atoms with Gasteiger partial charge in [0.05, 0.1) is 11.2 Å². The normalized spacial score (nSPS) is 27.4. The lowest BCUT2D eigenvalue weighted by atomic mass is 9.67. The summed E-state index contributed by atoms with van der Waals surface area (Å²) >= 11 is 0. The first-order valence-corrected chi connectivity index (χ1v) is 9.74. The average molecular weight is 369 g/mol. The van der Waals surface area contributed by atoms with Crippen LogP contribution in [0.15, 0.2) is 24.3 Å². The molecule has 26 heavy (non-hydrogen) atoms. The number of halogens is 3. The van der Waals surface area contributed by atoms with Gasteiger partial charge >= 0.3 is 6.18 Å². The fraction of sp³-hybridized carbons (Fsp3) is 0.714. The zero-order valence-corrected chi connectivity index (χ0v) is 15.9. The second kappa shape index (κ2) is 7.51. The Morgan fingerprint density at radius 3 is 2.50 bits per heavy atom. The number of piperidine rings is 1. The number of alkyl halides is 3. The molecule has 0 spiro atoms. The zero-order valence-electron chi connectivity index (χ0n) is 15.9. The Labute approximate surface area is 154 Å². The van der Waals surface area contributed by atoms with E-state index < -0.39 is 11.7 Å². The maximum Gasteiger partial charge on any atom is 0.416 e. The summed E-state index contributed by atoms with van der Waals surface area (Å²) in [4.78, 5) is 2.47. The van der Waals surface area contributed by atoms with Crippen LogP contribution in [-0.2, 0) is 16.3 Å². The van der Waals surface area contributed by atoms with Crippen molar-refractivity contribution in [3.8, 4) is 0 Å². The monoisotopic (exact) mass is 369 g/mol. The lowest BCUT2D eigenvalue weighted by Gasteiger charge is -2.46. The number of likely N-dealkylation sites (tertiary alicyclic amines) is 1. The van der Waals surface area contributed by atoms with Gasteiger partial charge in [0.2, 0.25) is 0 Å². The number of hydrogen-bond donors (Lipinski definition) is 0. The molecule has 0 N–H and O–H groups in total. The summed E-state index contributed by atoms with van der Waals surface area (Å²) in [6.45, 7) is 7.87. The van der Waals surface area contributed by atoms with Crippen molar-refractivity contribution < 1.29 is 17.9 Å². The van der Waals surface area contributed by atoms with Crippen molar-refractivity contribution in [2.45, 2.75) is 69.6 Å². The Kier molecular flexibility index (Phi) is 5.69. The van der Waals surface area contributed by atoms with E-state index in [4.69, 9.17) is 4.74 Å². The summed E-state index contributed by atoms with van der Waals surface area (Å²) in [6.07, 6.45) is 1.87. The van der Waals surface area contributed by atoms with E-state index in [2.05, 4.69) is 18.7 Å². The predicted molar refractivity (Wildman–Crippen MR) is 97.3 cm³/mol. The van der Waals surface area contributed by atoms with Crippen LogP contribution < -0.4 is 0 Å². The van der Waals surface area contributed by atoms with Crippen LogP contribution in [-0.4, -0.2) is 36.7 Å². The second-order valence-electron chi connectivity index (χ2n) is 8.55. The van der Waals surface area contributed by atoms with E-state index in [0.717, 1.165) is 44.5 Å². The molecule has 0 saturated carbocycles. The molecule has 2 heterocycles. The van der Waals surface area contributed by atoms with Crippen LogP contribution in [0.25, 0.3) is 0 Å². The fourth-order valence-corrected chi connectivity index (χ4v) is 4.66. The fourth-order valence-electron chi connectivity index (χ4n) is 4.66. The second-order valence-corrected chi connectivity index (χ2v) is 8.55. The molecule has 3 rings (SSSR count). The van der Waals surface area contributed by atoms with Crippen molar-refractivity contribution in [3.05, 3.63) is 35.4 Å². The average Bonchev–Trinajstić information content (AvgIpc) is 2.59. The largest absolute Gasteiger partial charge is 0.416 e. The highest BCUT2D eigenvalue weighted by Gasteiger charge is 2.43. The lowest BCUT2D eigenvalue weighted by molar-refractivity contribution is -0.137. The Bertz CT molecular complexity index is 608. The maximum absolute atomic E-state index is 13.3. The minimum Gasteiger partial charge on any atom is -0.376 e. The first-order chi connectivity index (χ1) is 12.2. The SMILES string of the molecule is CC1(C)C[C@@](CCN2CCCCC2)(c2cccc(C(F)(F)F)c2)CCO1. The van der Waals surface area contributed by atoms with Crippen LogP contribution in [0, 0.1) is 0 Å². The molecular weight excluding hydrogens is 339 g/mol. The number of hydrogen-bond acceptors (Lipinski definition) is 2. The summed E-state index contributed by atoms with van der Waals surface area (Å²) < 4.78 is 45.7. The van der Waals surface area contributed by atoms with E-state index in [1.165, 1.54) is 31.4 Å². The van der Waals surface area contributed by atoms with Crippen LogP contribution in [0.2, 0.25) is 0 Å². The van der Waals surface area contributed by atoms with Gasteiger partial charge in [0.1, 0.15) is 0 Å². The molecule has 146 valence electrons. The molecule has 0 amide bonds. The molecule has 5 heteroatoms. The van der Waals surface area contributed by atoms with E-state index in [0.29, 0.717) is 6.61 Å². The van der Waals surface area contributed by atoms with E-state index in [1.54, 1.807) is 6.07 Å². The van der Waals surface area contributed by atoms with Gasteiger partial charge in [0.15, 0.2) is 0 Å². The van der Waals surface area contributed by atoms with Crippen LogP contribution in [0.5, 0.6) is 0 Å². The van der Waals surface area contributed by atoms with E-state index in [1.807, 2.05) is 6.07 Å². The first kappa shape index (κ1) is 19.7. The molecule has 2 aliphatic heterocycles. The lowest BCUT2D eigenvalue weighted by Crippen LogP contribution is -2.46. The molecule has 0 bridgehead atoms.